The van der Waals surface area contributed by atoms with Crippen LogP contribution in [0.15, 0.2) is 0 Å². The number of nitrogens with one attached hydrogen (secondary N) is 2. The highest BCUT2D eigenvalue weighted by Crippen LogP contribution is 2.07. The van der Waals surface area contributed by atoms with Crippen molar-refractivity contribution in [3.05, 3.63) is 0 Å². The van der Waals surface area contributed by atoms with Crippen LogP contribution in [0.5, 0.6) is 0 Å². The van der Waals surface area contributed by atoms with Crippen LogP contribution in [-0.2, 0) is 9.53 Å². The van der Waals surface area contributed by atoms with Crippen LogP contribution >= 0.6 is 0 Å². The van der Waals surface area contributed by atoms with E-state index < -0.39 is 0 Å². The third kappa shape index (κ3) is 4.94. The first kappa shape index (κ1) is 13.5. The summed E-state index contributed by atoms with van der Waals surface area (Å²) in [5.74, 6) is -0.0233. The van der Waals surface area contributed by atoms with E-state index >= 15 is 0 Å². The van der Waals surface area contributed by atoms with Gasteiger partial charge < -0.3 is 15.4 Å². The summed E-state index contributed by atoms with van der Waals surface area (Å²) in [6.07, 6.45) is 3.29. The largest absolute Gasteiger partial charge is 0.370 e. The van der Waals surface area contributed by atoms with Crippen molar-refractivity contribution < 1.29 is 9.53 Å². The topological polar surface area (TPSA) is 50.4 Å². The molecule has 1 heterocycles. The van der Waals surface area contributed by atoms with E-state index in [1.54, 1.807) is 0 Å². The van der Waals surface area contributed by atoms with Crippen LogP contribution in [0.2, 0.25) is 0 Å². The highest BCUT2D eigenvalue weighted by molar-refractivity contribution is 5.77. The molecule has 1 atom stereocenters. The second-order valence-corrected chi connectivity index (χ2v) is 5.09. The summed E-state index contributed by atoms with van der Waals surface area (Å²) in [5.41, 5.74) is -0.133. The van der Waals surface area contributed by atoms with Crippen LogP contribution < -0.4 is 10.6 Å². The normalized spacial score (nSPS) is 21.1. The lowest BCUT2D eigenvalue weighted by Crippen LogP contribution is -2.44. The average molecular weight is 228 g/mol. The van der Waals surface area contributed by atoms with Crippen molar-refractivity contribution in [2.75, 3.05) is 19.8 Å². The minimum Gasteiger partial charge on any atom is -0.370 e. The zero-order valence-corrected chi connectivity index (χ0v) is 10.6. The van der Waals surface area contributed by atoms with Crippen LogP contribution in [0.25, 0.3) is 0 Å². The van der Waals surface area contributed by atoms with Crippen molar-refractivity contribution in [1.29, 1.82) is 0 Å². The van der Waals surface area contributed by atoms with Gasteiger partial charge >= 0.3 is 0 Å². The zero-order chi connectivity index (χ0) is 12.0. The van der Waals surface area contributed by atoms with Crippen molar-refractivity contribution in [3.63, 3.8) is 0 Å². The summed E-state index contributed by atoms with van der Waals surface area (Å²) >= 11 is 0. The smallest absolute Gasteiger partial charge is 0.246 e. The lowest BCUT2D eigenvalue weighted by molar-refractivity contribution is -0.127. The fourth-order valence-electron chi connectivity index (χ4n) is 1.69. The number of hydrogen-bond acceptors (Lipinski definition) is 3. The molecule has 1 aliphatic heterocycles. The Morgan fingerprint density at radius 1 is 1.56 bits per heavy atom. The molecule has 94 valence electrons. The van der Waals surface area contributed by atoms with E-state index in [0.29, 0.717) is 12.6 Å². The van der Waals surface area contributed by atoms with Gasteiger partial charge in [0.25, 0.3) is 0 Å². The number of hydrogen-bond donors (Lipinski definition) is 2. The number of amides is 1. The quantitative estimate of drug-likeness (QED) is 0.714. The monoisotopic (exact) mass is 228 g/mol. The summed E-state index contributed by atoms with van der Waals surface area (Å²) < 4.78 is 5.40. The van der Waals surface area contributed by atoms with E-state index in [-0.39, 0.29) is 18.1 Å². The highest BCUT2D eigenvalue weighted by atomic mass is 16.5. The van der Waals surface area contributed by atoms with Gasteiger partial charge in [-0.25, -0.2) is 0 Å². The Bertz CT molecular complexity index is 223. The maximum Gasteiger partial charge on any atom is 0.246 e. The molecule has 1 amide bonds. The summed E-state index contributed by atoms with van der Waals surface area (Å²) in [5, 5.41) is 6.28. The van der Waals surface area contributed by atoms with Gasteiger partial charge in [0.15, 0.2) is 0 Å². The van der Waals surface area contributed by atoms with E-state index in [2.05, 4.69) is 17.6 Å². The molecular formula is C12H24N2O2. The first-order valence-corrected chi connectivity index (χ1v) is 6.15. The van der Waals surface area contributed by atoms with Crippen molar-refractivity contribution in [2.45, 2.75) is 51.6 Å². The second kappa shape index (κ2) is 6.21. The Morgan fingerprint density at radius 2 is 2.31 bits per heavy atom. The molecule has 0 aliphatic carbocycles. The molecular weight excluding hydrogens is 204 g/mol. The molecule has 0 aromatic carbocycles. The standard InChI is InChI=1S/C12H24N2O2/c1-4-12(2,3)14-11(15)9-16-8-10-6-5-7-13-10/h10,13H,4-9H2,1-3H3,(H,14,15). The van der Waals surface area contributed by atoms with Gasteiger partial charge in [-0.3, -0.25) is 4.79 Å². The summed E-state index contributed by atoms with van der Waals surface area (Å²) in [6.45, 7) is 7.97. The second-order valence-electron chi connectivity index (χ2n) is 5.09. The third-order valence-corrected chi connectivity index (χ3v) is 3.08. The maximum absolute atomic E-state index is 11.5. The van der Waals surface area contributed by atoms with E-state index in [9.17, 15) is 4.79 Å². The van der Waals surface area contributed by atoms with Crippen LogP contribution in [0, 0.1) is 0 Å². The summed E-state index contributed by atoms with van der Waals surface area (Å²) in [6, 6.07) is 0.437. The molecule has 1 rings (SSSR count). The van der Waals surface area contributed by atoms with Crippen LogP contribution in [0.3, 0.4) is 0 Å². The molecule has 0 bridgehead atoms. The predicted molar refractivity (Wildman–Crippen MR) is 64.4 cm³/mol. The molecule has 1 fully saturated rings. The third-order valence-electron chi connectivity index (χ3n) is 3.08. The minimum absolute atomic E-state index is 0.0233. The number of rotatable bonds is 6. The summed E-state index contributed by atoms with van der Waals surface area (Å²) in [4.78, 5) is 11.5. The van der Waals surface area contributed by atoms with Gasteiger partial charge in [-0.15, -0.1) is 0 Å². The molecule has 1 unspecified atom stereocenters. The molecule has 2 N–H and O–H groups in total. The first-order valence-electron chi connectivity index (χ1n) is 6.15. The van der Waals surface area contributed by atoms with Crippen LogP contribution in [-0.4, -0.2) is 37.2 Å². The SMILES string of the molecule is CCC(C)(C)NC(=O)COCC1CCCN1. The molecule has 0 radical (unpaired) electrons. The van der Waals surface area contributed by atoms with Gasteiger partial charge in [0.2, 0.25) is 5.91 Å². The van der Waals surface area contributed by atoms with Gasteiger partial charge in [0.1, 0.15) is 6.61 Å². The van der Waals surface area contributed by atoms with Gasteiger partial charge in [0.05, 0.1) is 6.61 Å². The number of ether oxygens (including phenoxy) is 1. The van der Waals surface area contributed by atoms with Crippen molar-refractivity contribution in [3.8, 4) is 0 Å². The lowest BCUT2D eigenvalue weighted by atomic mass is 10.0. The minimum atomic E-state index is -0.133. The highest BCUT2D eigenvalue weighted by Gasteiger charge is 2.18. The van der Waals surface area contributed by atoms with E-state index in [1.165, 1.54) is 6.42 Å². The molecule has 0 saturated carbocycles. The van der Waals surface area contributed by atoms with Crippen molar-refractivity contribution in [2.24, 2.45) is 0 Å². The van der Waals surface area contributed by atoms with Gasteiger partial charge in [-0.2, -0.15) is 0 Å². The maximum atomic E-state index is 11.5. The first-order chi connectivity index (χ1) is 7.53. The number of carbonyl (C=O) groups is 1. The van der Waals surface area contributed by atoms with Crippen LogP contribution in [0.1, 0.15) is 40.0 Å². The zero-order valence-electron chi connectivity index (χ0n) is 10.6. The predicted octanol–water partition coefficient (Wildman–Crippen LogP) is 1.06. The molecule has 0 spiro atoms. The lowest BCUT2D eigenvalue weighted by Gasteiger charge is -2.24. The average Bonchev–Trinajstić information content (AvgIpc) is 2.70. The Morgan fingerprint density at radius 3 is 2.88 bits per heavy atom. The summed E-state index contributed by atoms with van der Waals surface area (Å²) in [7, 11) is 0. The molecule has 4 nitrogen and oxygen atoms in total. The van der Waals surface area contributed by atoms with Crippen molar-refractivity contribution >= 4 is 5.91 Å². The van der Waals surface area contributed by atoms with Gasteiger partial charge in [-0.1, -0.05) is 6.92 Å². The Kier molecular flexibility index (Phi) is 5.22. The van der Waals surface area contributed by atoms with Crippen molar-refractivity contribution in [1.82, 2.24) is 10.6 Å². The molecule has 1 saturated heterocycles. The molecule has 16 heavy (non-hydrogen) atoms. The fraction of sp³-hybridized carbons (Fsp3) is 0.917. The molecule has 0 aromatic rings. The number of carbonyl (C=O) groups excluding carboxylic acids is 1. The van der Waals surface area contributed by atoms with E-state index in [4.69, 9.17) is 4.74 Å². The van der Waals surface area contributed by atoms with Gasteiger partial charge in [-0.05, 0) is 39.7 Å². The Labute approximate surface area is 98.1 Å². The van der Waals surface area contributed by atoms with Crippen LogP contribution in [0.4, 0.5) is 0 Å². The molecule has 0 aromatic heterocycles. The fourth-order valence-corrected chi connectivity index (χ4v) is 1.69. The molecule has 1 aliphatic rings. The molecule has 4 heteroatoms. The van der Waals surface area contributed by atoms with Gasteiger partial charge in [0, 0.05) is 11.6 Å². The van der Waals surface area contributed by atoms with E-state index in [0.717, 1.165) is 19.4 Å². The van der Waals surface area contributed by atoms with E-state index in [1.807, 2.05) is 13.8 Å². The Balaban J connectivity index is 2.10. The Hall–Kier alpha value is -0.610.